The van der Waals surface area contributed by atoms with Gasteiger partial charge in [-0.2, -0.15) is 0 Å². The van der Waals surface area contributed by atoms with Gasteiger partial charge in [-0.25, -0.2) is 15.0 Å². The standard InChI is InChI=1S/C10H6ClN5O/c11-8-7-5(3-6-12-1-2-13-6)10(17)16-9(7)15-4-14-8/h1-4H,(H,12,13)(H,14,15,16,17)/b5-3-. The first-order valence-corrected chi connectivity index (χ1v) is 5.17. The largest absolute Gasteiger partial charge is 0.345 e. The number of rotatable bonds is 1. The third-order valence-electron chi connectivity index (χ3n) is 2.35. The number of carbonyl (C=O) groups is 1. The van der Waals surface area contributed by atoms with Gasteiger partial charge in [-0.15, -0.1) is 0 Å². The number of aromatic nitrogens is 4. The number of H-pyrrole nitrogens is 1. The molecule has 2 aromatic heterocycles. The molecule has 0 saturated heterocycles. The van der Waals surface area contributed by atoms with Gasteiger partial charge in [0.1, 0.15) is 23.1 Å². The number of hydrogen-bond donors (Lipinski definition) is 2. The molecule has 17 heavy (non-hydrogen) atoms. The number of nitrogens with one attached hydrogen (secondary N) is 2. The topological polar surface area (TPSA) is 83.6 Å². The average Bonchev–Trinajstić information content (AvgIpc) is 2.89. The van der Waals surface area contributed by atoms with Gasteiger partial charge in [0, 0.05) is 12.4 Å². The van der Waals surface area contributed by atoms with Gasteiger partial charge < -0.3 is 10.3 Å². The Morgan fingerprint density at radius 2 is 2.18 bits per heavy atom. The second kappa shape index (κ2) is 3.67. The molecule has 0 fully saturated rings. The first-order chi connectivity index (χ1) is 8.25. The fraction of sp³-hybridized carbons (Fsp3) is 0. The summed E-state index contributed by atoms with van der Waals surface area (Å²) < 4.78 is 0. The van der Waals surface area contributed by atoms with E-state index in [1.165, 1.54) is 6.33 Å². The van der Waals surface area contributed by atoms with E-state index < -0.39 is 0 Å². The van der Waals surface area contributed by atoms with E-state index in [1.807, 2.05) is 0 Å². The molecule has 2 aromatic rings. The molecule has 0 radical (unpaired) electrons. The van der Waals surface area contributed by atoms with E-state index >= 15 is 0 Å². The summed E-state index contributed by atoms with van der Waals surface area (Å²) in [5.41, 5.74) is 0.913. The third-order valence-corrected chi connectivity index (χ3v) is 2.63. The lowest BCUT2D eigenvalue weighted by atomic mass is 10.1. The number of imidazole rings is 1. The van der Waals surface area contributed by atoms with Crippen LogP contribution in [0.3, 0.4) is 0 Å². The van der Waals surface area contributed by atoms with Crippen LogP contribution in [0.1, 0.15) is 11.4 Å². The van der Waals surface area contributed by atoms with Crippen molar-refractivity contribution in [3.63, 3.8) is 0 Å². The van der Waals surface area contributed by atoms with E-state index in [0.717, 1.165) is 0 Å². The van der Waals surface area contributed by atoms with Crippen molar-refractivity contribution < 1.29 is 4.79 Å². The second-order valence-corrected chi connectivity index (χ2v) is 3.73. The number of amides is 1. The number of anilines is 1. The Labute approximate surface area is 101 Å². The molecule has 0 saturated carbocycles. The minimum absolute atomic E-state index is 0.242. The maximum atomic E-state index is 11.8. The predicted octanol–water partition coefficient (Wildman–Crippen LogP) is 1.35. The summed E-state index contributed by atoms with van der Waals surface area (Å²) in [5.74, 6) is 0.731. The fourth-order valence-electron chi connectivity index (χ4n) is 1.62. The Kier molecular flexibility index (Phi) is 2.15. The zero-order valence-corrected chi connectivity index (χ0v) is 9.19. The summed E-state index contributed by atoms with van der Waals surface area (Å²) in [6, 6.07) is 0. The van der Waals surface area contributed by atoms with Crippen molar-refractivity contribution in [1.29, 1.82) is 0 Å². The Balaban J connectivity index is 2.17. The highest BCUT2D eigenvalue weighted by Gasteiger charge is 2.28. The highest BCUT2D eigenvalue weighted by atomic mass is 35.5. The highest BCUT2D eigenvalue weighted by molar-refractivity contribution is 6.40. The van der Waals surface area contributed by atoms with Crippen LogP contribution in [-0.2, 0) is 4.79 Å². The van der Waals surface area contributed by atoms with Gasteiger partial charge in [0.2, 0.25) is 0 Å². The quantitative estimate of drug-likeness (QED) is 0.588. The molecule has 3 rings (SSSR count). The molecule has 7 heteroatoms. The summed E-state index contributed by atoms with van der Waals surface area (Å²) in [5, 5.41) is 2.86. The molecule has 6 nitrogen and oxygen atoms in total. The van der Waals surface area contributed by atoms with Crippen LogP contribution in [-0.4, -0.2) is 25.8 Å². The van der Waals surface area contributed by atoms with Gasteiger partial charge in [-0.05, 0) is 6.08 Å². The lowest BCUT2D eigenvalue weighted by Gasteiger charge is -1.98. The van der Waals surface area contributed by atoms with Crippen LogP contribution in [0.25, 0.3) is 11.6 Å². The predicted molar refractivity (Wildman–Crippen MR) is 62.1 cm³/mol. The van der Waals surface area contributed by atoms with Crippen molar-refractivity contribution in [1.82, 2.24) is 19.9 Å². The van der Waals surface area contributed by atoms with E-state index in [-0.39, 0.29) is 11.1 Å². The lowest BCUT2D eigenvalue weighted by molar-refractivity contribution is -0.110. The molecule has 3 heterocycles. The van der Waals surface area contributed by atoms with Crippen LogP contribution in [0.4, 0.5) is 5.82 Å². The van der Waals surface area contributed by atoms with Crippen molar-refractivity contribution in [2.45, 2.75) is 0 Å². The minimum Gasteiger partial charge on any atom is -0.345 e. The number of fused-ring (bicyclic) bond motifs is 1. The molecule has 0 aromatic carbocycles. The van der Waals surface area contributed by atoms with Gasteiger partial charge in [0.25, 0.3) is 5.91 Å². The molecule has 0 bridgehead atoms. The van der Waals surface area contributed by atoms with Crippen molar-refractivity contribution in [2.24, 2.45) is 0 Å². The van der Waals surface area contributed by atoms with Gasteiger partial charge in [-0.3, -0.25) is 4.79 Å². The molecule has 0 spiro atoms. The zero-order valence-electron chi connectivity index (χ0n) is 8.44. The SMILES string of the molecule is O=C1Nc2ncnc(Cl)c2/C1=C/c1ncc[nH]1. The Bertz CT molecular complexity index is 620. The maximum absolute atomic E-state index is 11.8. The Morgan fingerprint density at radius 1 is 1.29 bits per heavy atom. The monoisotopic (exact) mass is 247 g/mol. The summed E-state index contributed by atoms with van der Waals surface area (Å²) in [7, 11) is 0. The number of halogens is 1. The molecule has 84 valence electrons. The van der Waals surface area contributed by atoms with Crippen molar-refractivity contribution >= 4 is 35.0 Å². The lowest BCUT2D eigenvalue weighted by Crippen LogP contribution is -2.04. The third kappa shape index (κ3) is 1.58. The van der Waals surface area contributed by atoms with Crippen LogP contribution in [0.2, 0.25) is 5.15 Å². The van der Waals surface area contributed by atoms with Crippen LogP contribution < -0.4 is 5.32 Å². The molecule has 0 unspecified atom stereocenters. The van der Waals surface area contributed by atoms with Gasteiger partial charge in [-0.1, -0.05) is 11.6 Å². The van der Waals surface area contributed by atoms with Gasteiger partial charge in [0.15, 0.2) is 0 Å². The fourth-order valence-corrected chi connectivity index (χ4v) is 1.85. The molecule has 1 aliphatic rings. The van der Waals surface area contributed by atoms with Crippen LogP contribution in [0, 0.1) is 0 Å². The summed E-state index contributed by atoms with van der Waals surface area (Å²) in [4.78, 5) is 26.5. The minimum atomic E-state index is -0.265. The molecule has 0 atom stereocenters. The van der Waals surface area contributed by atoms with Crippen molar-refractivity contribution in [3.8, 4) is 0 Å². The van der Waals surface area contributed by atoms with Crippen molar-refractivity contribution in [2.75, 3.05) is 5.32 Å². The molecular formula is C10H6ClN5O. The summed E-state index contributed by atoms with van der Waals surface area (Å²) in [6.07, 6.45) is 6.18. The molecule has 1 aliphatic heterocycles. The second-order valence-electron chi connectivity index (χ2n) is 3.37. The van der Waals surface area contributed by atoms with Crippen LogP contribution in [0.5, 0.6) is 0 Å². The smallest absolute Gasteiger partial charge is 0.257 e. The van der Waals surface area contributed by atoms with E-state index in [2.05, 4.69) is 25.3 Å². The Morgan fingerprint density at radius 3 is 2.94 bits per heavy atom. The molecule has 2 N–H and O–H groups in total. The number of aromatic amines is 1. The first-order valence-electron chi connectivity index (χ1n) is 4.79. The molecule has 1 amide bonds. The van der Waals surface area contributed by atoms with Gasteiger partial charge in [0.05, 0.1) is 11.1 Å². The van der Waals surface area contributed by atoms with Gasteiger partial charge >= 0.3 is 0 Å². The first kappa shape index (κ1) is 9.98. The van der Waals surface area contributed by atoms with Crippen LogP contribution >= 0.6 is 11.6 Å². The highest BCUT2D eigenvalue weighted by Crippen LogP contribution is 2.34. The molecular weight excluding hydrogens is 242 g/mol. The number of hydrogen-bond acceptors (Lipinski definition) is 4. The van der Waals surface area contributed by atoms with Crippen LogP contribution in [0.15, 0.2) is 18.7 Å². The Hall–Kier alpha value is -2.21. The van der Waals surface area contributed by atoms with E-state index in [0.29, 0.717) is 22.8 Å². The molecule has 0 aliphatic carbocycles. The number of nitrogens with zero attached hydrogens (tertiary/aromatic N) is 3. The maximum Gasteiger partial charge on any atom is 0.257 e. The summed E-state index contributed by atoms with van der Waals surface area (Å²) in [6.45, 7) is 0. The number of carbonyl (C=O) groups excluding carboxylic acids is 1. The van der Waals surface area contributed by atoms with E-state index in [1.54, 1.807) is 18.5 Å². The van der Waals surface area contributed by atoms with E-state index in [9.17, 15) is 4.79 Å². The zero-order chi connectivity index (χ0) is 11.8. The normalized spacial score (nSPS) is 16.1. The van der Waals surface area contributed by atoms with Crippen molar-refractivity contribution in [3.05, 3.63) is 35.3 Å². The van der Waals surface area contributed by atoms with E-state index in [4.69, 9.17) is 11.6 Å². The summed E-state index contributed by atoms with van der Waals surface area (Å²) >= 11 is 5.96. The average molecular weight is 248 g/mol.